The Balaban J connectivity index is 1.82. The van der Waals surface area contributed by atoms with Crippen LogP contribution in [-0.4, -0.2) is 55.2 Å². The van der Waals surface area contributed by atoms with Crippen LogP contribution in [0.1, 0.15) is 16.1 Å². The van der Waals surface area contributed by atoms with Gasteiger partial charge >= 0.3 is 0 Å². The van der Waals surface area contributed by atoms with Crippen molar-refractivity contribution in [3.63, 3.8) is 0 Å². The Bertz CT molecular complexity index is 444. The minimum atomic E-state index is -0.120. The van der Waals surface area contributed by atoms with Crippen molar-refractivity contribution in [2.75, 3.05) is 45.1 Å². The number of anilines is 1. The molecule has 1 fully saturated rings. The molecule has 2 heterocycles. The van der Waals surface area contributed by atoms with Crippen LogP contribution in [0, 0.1) is 6.92 Å². The third-order valence-corrected chi connectivity index (χ3v) is 3.17. The number of hydrogen-bond acceptors (Lipinski definition) is 5. The fourth-order valence-electron chi connectivity index (χ4n) is 2.03. The van der Waals surface area contributed by atoms with Crippen molar-refractivity contribution in [3.8, 4) is 0 Å². The SMILES string of the molecule is Cc1ncc(N)cc1C(=O)NCCN1CCOCC1. The smallest absolute Gasteiger partial charge is 0.253 e. The van der Waals surface area contributed by atoms with E-state index in [1.54, 1.807) is 19.2 Å². The van der Waals surface area contributed by atoms with Crippen LogP contribution in [0.4, 0.5) is 5.69 Å². The molecule has 1 aliphatic heterocycles. The molecule has 2 rings (SSSR count). The minimum absolute atomic E-state index is 0.120. The summed E-state index contributed by atoms with van der Waals surface area (Å²) in [5.41, 5.74) is 7.39. The van der Waals surface area contributed by atoms with Gasteiger partial charge in [-0.3, -0.25) is 14.7 Å². The molecule has 0 bridgehead atoms. The van der Waals surface area contributed by atoms with Crippen LogP contribution in [0.2, 0.25) is 0 Å². The first-order valence-corrected chi connectivity index (χ1v) is 6.47. The van der Waals surface area contributed by atoms with Gasteiger partial charge in [-0.05, 0) is 13.0 Å². The number of hydrogen-bond donors (Lipinski definition) is 2. The van der Waals surface area contributed by atoms with Crippen molar-refractivity contribution < 1.29 is 9.53 Å². The zero-order valence-corrected chi connectivity index (χ0v) is 11.2. The first-order chi connectivity index (χ1) is 9.16. The lowest BCUT2D eigenvalue weighted by molar-refractivity contribution is 0.0383. The maximum atomic E-state index is 12.0. The predicted molar refractivity (Wildman–Crippen MR) is 73.0 cm³/mol. The number of nitrogens with zero attached hydrogens (tertiary/aromatic N) is 2. The van der Waals surface area contributed by atoms with Crippen LogP contribution >= 0.6 is 0 Å². The highest BCUT2D eigenvalue weighted by atomic mass is 16.5. The van der Waals surface area contributed by atoms with Gasteiger partial charge in [0, 0.05) is 26.2 Å². The zero-order chi connectivity index (χ0) is 13.7. The third-order valence-electron chi connectivity index (χ3n) is 3.17. The second kappa shape index (κ2) is 6.49. The number of nitrogen functional groups attached to an aromatic ring is 1. The molecule has 0 radical (unpaired) electrons. The lowest BCUT2D eigenvalue weighted by Crippen LogP contribution is -2.41. The van der Waals surface area contributed by atoms with Crippen LogP contribution in [-0.2, 0) is 4.74 Å². The molecule has 0 spiro atoms. The summed E-state index contributed by atoms with van der Waals surface area (Å²) in [6.07, 6.45) is 1.56. The number of aryl methyl sites for hydroxylation is 1. The monoisotopic (exact) mass is 264 g/mol. The first kappa shape index (κ1) is 13.8. The van der Waals surface area contributed by atoms with E-state index in [-0.39, 0.29) is 5.91 Å². The quantitative estimate of drug-likeness (QED) is 0.802. The van der Waals surface area contributed by atoms with Crippen molar-refractivity contribution in [3.05, 3.63) is 23.5 Å². The van der Waals surface area contributed by atoms with E-state index in [1.165, 1.54) is 0 Å². The summed E-state index contributed by atoms with van der Waals surface area (Å²) in [6.45, 7) is 6.65. The molecule has 3 N–H and O–H groups in total. The topological polar surface area (TPSA) is 80.5 Å². The third kappa shape index (κ3) is 3.90. The number of morpholine rings is 1. The predicted octanol–water partition coefficient (Wildman–Crippen LogP) is 0.0342. The molecule has 6 heteroatoms. The molecule has 1 amide bonds. The van der Waals surface area contributed by atoms with Crippen LogP contribution < -0.4 is 11.1 Å². The maximum absolute atomic E-state index is 12.0. The van der Waals surface area contributed by atoms with E-state index < -0.39 is 0 Å². The molecule has 0 aromatic carbocycles. The normalized spacial score (nSPS) is 16.3. The van der Waals surface area contributed by atoms with Gasteiger partial charge in [0.2, 0.25) is 0 Å². The summed E-state index contributed by atoms with van der Waals surface area (Å²) < 4.78 is 5.27. The Morgan fingerprint density at radius 2 is 2.26 bits per heavy atom. The van der Waals surface area contributed by atoms with E-state index in [0.29, 0.717) is 23.5 Å². The average Bonchev–Trinajstić information content (AvgIpc) is 2.42. The Kier molecular flexibility index (Phi) is 4.70. The highest BCUT2D eigenvalue weighted by Crippen LogP contribution is 2.09. The fourth-order valence-corrected chi connectivity index (χ4v) is 2.03. The molecule has 6 nitrogen and oxygen atoms in total. The Labute approximate surface area is 112 Å². The summed E-state index contributed by atoms with van der Waals surface area (Å²) in [5, 5.41) is 2.90. The van der Waals surface area contributed by atoms with Crippen molar-refractivity contribution in [1.29, 1.82) is 0 Å². The average molecular weight is 264 g/mol. The molecule has 0 aliphatic carbocycles. The number of aromatic nitrogens is 1. The zero-order valence-electron chi connectivity index (χ0n) is 11.2. The molecular formula is C13H20N4O2. The number of pyridine rings is 1. The molecule has 1 aromatic rings. The summed E-state index contributed by atoms with van der Waals surface area (Å²) in [6, 6.07) is 1.66. The van der Waals surface area contributed by atoms with Crippen molar-refractivity contribution >= 4 is 11.6 Å². The van der Waals surface area contributed by atoms with E-state index in [4.69, 9.17) is 10.5 Å². The Morgan fingerprint density at radius 3 is 3.00 bits per heavy atom. The van der Waals surface area contributed by atoms with E-state index in [9.17, 15) is 4.79 Å². The van der Waals surface area contributed by atoms with Crippen molar-refractivity contribution in [1.82, 2.24) is 15.2 Å². The van der Waals surface area contributed by atoms with Gasteiger partial charge in [-0.15, -0.1) is 0 Å². The second-order valence-corrected chi connectivity index (χ2v) is 4.61. The molecule has 1 saturated heterocycles. The number of ether oxygens (including phenoxy) is 1. The van der Waals surface area contributed by atoms with Gasteiger partial charge in [0.15, 0.2) is 0 Å². The highest BCUT2D eigenvalue weighted by Gasteiger charge is 2.12. The van der Waals surface area contributed by atoms with Crippen LogP contribution in [0.3, 0.4) is 0 Å². The van der Waals surface area contributed by atoms with Crippen LogP contribution in [0.25, 0.3) is 0 Å². The van der Waals surface area contributed by atoms with Crippen LogP contribution in [0.15, 0.2) is 12.3 Å². The molecule has 0 unspecified atom stereocenters. The fraction of sp³-hybridized carbons (Fsp3) is 0.538. The van der Waals surface area contributed by atoms with Gasteiger partial charge in [-0.1, -0.05) is 0 Å². The van der Waals surface area contributed by atoms with Gasteiger partial charge in [-0.2, -0.15) is 0 Å². The van der Waals surface area contributed by atoms with Crippen LogP contribution in [0.5, 0.6) is 0 Å². The van der Waals surface area contributed by atoms with Gasteiger partial charge < -0.3 is 15.8 Å². The molecular weight excluding hydrogens is 244 g/mol. The first-order valence-electron chi connectivity index (χ1n) is 6.47. The Morgan fingerprint density at radius 1 is 1.53 bits per heavy atom. The molecule has 1 aromatic heterocycles. The Hall–Kier alpha value is -1.66. The minimum Gasteiger partial charge on any atom is -0.397 e. The number of carbonyl (C=O) groups excluding carboxylic acids is 1. The largest absolute Gasteiger partial charge is 0.397 e. The van der Waals surface area contributed by atoms with Gasteiger partial charge in [-0.25, -0.2) is 0 Å². The summed E-state index contributed by atoms with van der Waals surface area (Å²) in [5.74, 6) is -0.120. The second-order valence-electron chi connectivity index (χ2n) is 4.61. The number of carbonyl (C=O) groups is 1. The van der Waals surface area contributed by atoms with E-state index in [2.05, 4.69) is 15.2 Å². The van der Waals surface area contributed by atoms with E-state index in [1.807, 2.05) is 0 Å². The highest BCUT2D eigenvalue weighted by molar-refractivity contribution is 5.95. The summed E-state index contributed by atoms with van der Waals surface area (Å²) in [4.78, 5) is 18.4. The number of nitrogens with one attached hydrogen (secondary N) is 1. The van der Waals surface area contributed by atoms with Gasteiger partial charge in [0.05, 0.1) is 36.4 Å². The number of rotatable bonds is 4. The van der Waals surface area contributed by atoms with E-state index >= 15 is 0 Å². The van der Waals surface area contributed by atoms with Crippen molar-refractivity contribution in [2.24, 2.45) is 0 Å². The lowest BCUT2D eigenvalue weighted by Gasteiger charge is -2.26. The van der Waals surface area contributed by atoms with Gasteiger partial charge in [0.25, 0.3) is 5.91 Å². The number of nitrogens with two attached hydrogens (primary N) is 1. The van der Waals surface area contributed by atoms with Crippen molar-refractivity contribution in [2.45, 2.75) is 6.92 Å². The van der Waals surface area contributed by atoms with Gasteiger partial charge in [0.1, 0.15) is 0 Å². The summed E-state index contributed by atoms with van der Waals surface area (Å²) >= 11 is 0. The molecule has 1 aliphatic rings. The number of amides is 1. The molecule has 19 heavy (non-hydrogen) atoms. The molecule has 0 saturated carbocycles. The summed E-state index contributed by atoms with van der Waals surface area (Å²) in [7, 11) is 0. The maximum Gasteiger partial charge on any atom is 0.253 e. The standard InChI is InChI=1S/C13H20N4O2/c1-10-12(8-11(14)9-16-10)13(18)15-2-3-17-4-6-19-7-5-17/h8-9H,2-7,14H2,1H3,(H,15,18). The lowest BCUT2D eigenvalue weighted by atomic mass is 10.2. The molecule has 0 atom stereocenters. The molecule has 104 valence electrons. The van der Waals surface area contributed by atoms with E-state index in [0.717, 1.165) is 32.8 Å².